The number of hydrogen-bond acceptors (Lipinski definition) is 2. The highest BCUT2D eigenvalue weighted by Gasteiger charge is 2.14. The normalized spacial score (nSPS) is 11.3. The molecule has 0 saturated heterocycles. The summed E-state index contributed by atoms with van der Waals surface area (Å²) in [5.41, 5.74) is 3.38. The van der Waals surface area contributed by atoms with Gasteiger partial charge in [0.1, 0.15) is 5.82 Å². The molecule has 0 bridgehead atoms. The molecule has 0 spiro atoms. The van der Waals surface area contributed by atoms with E-state index in [2.05, 4.69) is 78.7 Å². The van der Waals surface area contributed by atoms with Crippen LogP contribution in [-0.4, -0.2) is 15.3 Å². The lowest BCUT2D eigenvalue weighted by atomic mass is 10.0. The number of thioether (sulfide) groups is 1. The van der Waals surface area contributed by atoms with E-state index < -0.39 is 0 Å². The van der Waals surface area contributed by atoms with Crippen LogP contribution in [0.1, 0.15) is 13.3 Å². The molecule has 4 aromatic rings. The zero-order valence-corrected chi connectivity index (χ0v) is 15.8. The standard InChI is InChI=1S/C23H22N2S/c1-3-14-25-22-16-18(26-15-4-2)12-13-21(22)24-23(25)20-11-7-9-17-8-5-6-10-19(17)20/h3,5-13,16H,1,4,14-15H2,2H3. The van der Waals surface area contributed by atoms with E-state index in [-0.39, 0.29) is 0 Å². The molecule has 0 aliphatic rings. The molecule has 1 aromatic heterocycles. The molecule has 0 N–H and O–H groups in total. The number of aromatic nitrogens is 2. The maximum atomic E-state index is 4.98. The van der Waals surface area contributed by atoms with Gasteiger partial charge in [0.2, 0.25) is 0 Å². The van der Waals surface area contributed by atoms with Gasteiger partial charge in [0.25, 0.3) is 0 Å². The van der Waals surface area contributed by atoms with Gasteiger partial charge in [0.05, 0.1) is 11.0 Å². The van der Waals surface area contributed by atoms with Crippen molar-refractivity contribution in [3.8, 4) is 11.4 Å². The van der Waals surface area contributed by atoms with Crippen LogP contribution in [0.3, 0.4) is 0 Å². The fraction of sp³-hybridized carbons (Fsp3) is 0.174. The summed E-state index contributed by atoms with van der Waals surface area (Å²) in [6, 6.07) is 21.5. The Balaban J connectivity index is 1.93. The quantitative estimate of drug-likeness (QED) is 0.287. The molecular weight excluding hydrogens is 336 g/mol. The largest absolute Gasteiger partial charge is 0.320 e. The number of rotatable bonds is 6. The van der Waals surface area contributed by atoms with E-state index in [4.69, 9.17) is 4.98 Å². The van der Waals surface area contributed by atoms with Crippen LogP contribution in [0.25, 0.3) is 33.2 Å². The topological polar surface area (TPSA) is 17.8 Å². The first kappa shape index (κ1) is 16.9. The van der Waals surface area contributed by atoms with Gasteiger partial charge < -0.3 is 4.57 Å². The van der Waals surface area contributed by atoms with Crippen LogP contribution in [0.4, 0.5) is 0 Å². The van der Waals surface area contributed by atoms with Crippen LogP contribution in [0.2, 0.25) is 0 Å². The molecule has 0 aliphatic carbocycles. The second-order valence-electron chi connectivity index (χ2n) is 6.36. The van der Waals surface area contributed by atoms with Gasteiger partial charge in [-0.1, -0.05) is 55.5 Å². The first-order valence-electron chi connectivity index (χ1n) is 9.04. The van der Waals surface area contributed by atoms with Gasteiger partial charge in [-0.15, -0.1) is 18.3 Å². The Morgan fingerprint density at radius 3 is 2.77 bits per heavy atom. The highest BCUT2D eigenvalue weighted by atomic mass is 32.2. The predicted octanol–water partition coefficient (Wildman–Crippen LogP) is 6.54. The lowest BCUT2D eigenvalue weighted by Gasteiger charge is -2.10. The molecule has 130 valence electrons. The fourth-order valence-electron chi connectivity index (χ4n) is 3.35. The Kier molecular flexibility index (Phi) is 4.81. The average Bonchev–Trinajstić information content (AvgIpc) is 3.04. The van der Waals surface area contributed by atoms with Gasteiger partial charge in [0, 0.05) is 17.0 Å². The van der Waals surface area contributed by atoms with Crippen molar-refractivity contribution in [3.63, 3.8) is 0 Å². The van der Waals surface area contributed by atoms with Gasteiger partial charge >= 0.3 is 0 Å². The molecule has 0 aliphatic heterocycles. The van der Waals surface area contributed by atoms with Gasteiger partial charge in [0.15, 0.2) is 0 Å². The maximum absolute atomic E-state index is 4.98. The minimum Gasteiger partial charge on any atom is -0.320 e. The number of nitrogens with zero attached hydrogens (tertiary/aromatic N) is 2. The molecule has 0 atom stereocenters. The van der Waals surface area contributed by atoms with Crippen LogP contribution < -0.4 is 0 Å². The highest BCUT2D eigenvalue weighted by Crippen LogP contribution is 2.32. The fourth-order valence-corrected chi connectivity index (χ4v) is 4.15. The number of benzene rings is 3. The van der Waals surface area contributed by atoms with Crippen molar-refractivity contribution < 1.29 is 0 Å². The monoisotopic (exact) mass is 358 g/mol. The van der Waals surface area contributed by atoms with Crippen LogP contribution >= 0.6 is 11.8 Å². The van der Waals surface area contributed by atoms with Gasteiger partial charge in [-0.2, -0.15) is 0 Å². The van der Waals surface area contributed by atoms with E-state index in [1.54, 1.807) is 0 Å². The first-order chi connectivity index (χ1) is 12.8. The van der Waals surface area contributed by atoms with Crippen molar-refractivity contribution in [2.45, 2.75) is 24.8 Å². The maximum Gasteiger partial charge on any atom is 0.142 e. The third-order valence-electron chi connectivity index (χ3n) is 4.53. The molecule has 0 fully saturated rings. The first-order valence-corrected chi connectivity index (χ1v) is 10.0. The summed E-state index contributed by atoms with van der Waals surface area (Å²) in [7, 11) is 0. The van der Waals surface area contributed by atoms with Crippen molar-refractivity contribution in [1.29, 1.82) is 0 Å². The smallest absolute Gasteiger partial charge is 0.142 e. The average molecular weight is 359 g/mol. The van der Waals surface area contributed by atoms with Crippen molar-refractivity contribution in [3.05, 3.63) is 73.3 Å². The van der Waals surface area contributed by atoms with Crippen LogP contribution in [0, 0.1) is 0 Å². The van der Waals surface area contributed by atoms with Crippen molar-refractivity contribution in [2.75, 3.05) is 5.75 Å². The van der Waals surface area contributed by atoms with Crippen LogP contribution in [0.5, 0.6) is 0 Å². The Morgan fingerprint density at radius 1 is 1.08 bits per heavy atom. The summed E-state index contributed by atoms with van der Waals surface area (Å²) < 4.78 is 2.28. The molecular formula is C23H22N2S. The third-order valence-corrected chi connectivity index (χ3v) is 5.73. The molecule has 3 aromatic carbocycles. The molecule has 0 radical (unpaired) electrons. The Labute approximate surface area is 158 Å². The van der Waals surface area contributed by atoms with E-state index in [0.29, 0.717) is 0 Å². The summed E-state index contributed by atoms with van der Waals surface area (Å²) in [6.45, 7) is 6.92. The Hall–Kier alpha value is -2.52. The predicted molar refractivity (Wildman–Crippen MR) is 114 cm³/mol. The summed E-state index contributed by atoms with van der Waals surface area (Å²) in [5.74, 6) is 2.14. The molecule has 1 heterocycles. The molecule has 26 heavy (non-hydrogen) atoms. The summed E-state index contributed by atoms with van der Waals surface area (Å²) >= 11 is 1.90. The number of hydrogen-bond donors (Lipinski definition) is 0. The Morgan fingerprint density at radius 2 is 1.92 bits per heavy atom. The molecule has 0 saturated carbocycles. The molecule has 0 unspecified atom stereocenters. The lowest BCUT2D eigenvalue weighted by molar-refractivity contribution is 0.862. The second-order valence-corrected chi connectivity index (χ2v) is 7.53. The van der Waals surface area contributed by atoms with E-state index in [9.17, 15) is 0 Å². The SMILES string of the molecule is C=CCn1c(-c2cccc3ccccc23)nc2ccc(SCCC)cc21. The van der Waals surface area contributed by atoms with Crippen molar-refractivity contribution >= 4 is 33.6 Å². The third kappa shape index (κ3) is 3.04. The summed E-state index contributed by atoms with van der Waals surface area (Å²) in [4.78, 5) is 6.28. The minimum atomic E-state index is 0.747. The van der Waals surface area contributed by atoms with Crippen molar-refractivity contribution in [1.82, 2.24) is 9.55 Å². The minimum absolute atomic E-state index is 0.747. The van der Waals surface area contributed by atoms with E-state index >= 15 is 0 Å². The number of fused-ring (bicyclic) bond motifs is 2. The zero-order chi connectivity index (χ0) is 17.9. The number of allylic oxidation sites excluding steroid dienone is 1. The lowest BCUT2D eigenvalue weighted by Crippen LogP contribution is -1.99. The van der Waals surface area contributed by atoms with Gasteiger partial charge in [-0.3, -0.25) is 0 Å². The second kappa shape index (κ2) is 7.38. The van der Waals surface area contributed by atoms with Crippen LogP contribution in [0.15, 0.2) is 78.2 Å². The zero-order valence-electron chi connectivity index (χ0n) is 15.0. The molecule has 4 rings (SSSR count). The number of imidazole rings is 1. The van der Waals surface area contributed by atoms with Crippen molar-refractivity contribution in [2.24, 2.45) is 0 Å². The van der Waals surface area contributed by atoms with E-state index in [1.165, 1.54) is 33.2 Å². The van der Waals surface area contributed by atoms with Gasteiger partial charge in [-0.05, 0) is 41.1 Å². The van der Waals surface area contributed by atoms with Gasteiger partial charge in [-0.25, -0.2) is 4.98 Å². The molecule has 2 nitrogen and oxygen atoms in total. The molecule has 0 amide bonds. The highest BCUT2D eigenvalue weighted by molar-refractivity contribution is 7.99. The molecule has 3 heteroatoms. The summed E-state index contributed by atoms with van der Waals surface area (Å²) in [6.07, 6.45) is 3.12. The van der Waals surface area contributed by atoms with E-state index in [0.717, 1.165) is 23.6 Å². The van der Waals surface area contributed by atoms with Crippen LogP contribution in [-0.2, 0) is 6.54 Å². The van der Waals surface area contributed by atoms with E-state index in [1.807, 2.05) is 17.8 Å². The Bertz CT molecular complexity index is 1070. The summed E-state index contributed by atoms with van der Waals surface area (Å²) in [5, 5.41) is 2.47.